The topological polar surface area (TPSA) is 95.7 Å². The zero-order valence-electron chi connectivity index (χ0n) is 13.5. The molecule has 0 aromatic carbocycles. The molecule has 0 aromatic rings. The zero-order valence-corrected chi connectivity index (χ0v) is 14.3. The van der Waals surface area contributed by atoms with E-state index in [9.17, 15) is 14.4 Å². The molecular formula is C15H27ClN4O3. The van der Waals surface area contributed by atoms with Gasteiger partial charge in [-0.2, -0.15) is 0 Å². The van der Waals surface area contributed by atoms with Crippen molar-refractivity contribution in [3.05, 3.63) is 0 Å². The normalized spacial score (nSPS) is 21.6. The van der Waals surface area contributed by atoms with Crippen LogP contribution in [0.25, 0.3) is 0 Å². The summed E-state index contributed by atoms with van der Waals surface area (Å²) in [5.74, 6) is -0.182. The van der Waals surface area contributed by atoms with Gasteiger partial charge in [0.1, 0.15) is 0 Å². The molecule has 1 unspecified atom stereocenters. The monoisotopic (exact) mass is 346 g/mol. The summed E-state index contributed by atoms with van der Waals surface area (Å²) in [7, 11) is 0. The molecule has 0 aliphatic carbocycles. The van der Waals surface area contributed by atoms with E-state index in [1.165, 1.54) is 0 Å². The Balaban J connectivity index is 0.00000264. The number of carbonyl (C=O) groups excluding carboxylic acids is 3. The smallest absolute Gasteiger partial charge is 0.242 e. The van der Waals surface area contributed by atoms with Crippen molar-refractivity contribution in [3.63, 3.8) is 0 Å². The molecular weight excluding hydrogens is 320 g/mol. The highest BCUT2D eigenvalue weighted by Crippen LogP contribution is 2.18. The Morgan fingerprint density at radius 2 is 2.00 bits per heavy atom. The fraction of sp³-hybridized carbons (Fsp3) is 0.800. The summed E-state index contributed by atoms with van der Waals surface area (Å²) in [4.78, 5) is 39.5. The Bertz CT molecular complexity index is 433. The fourth-order valence-electron chi connectivity index (χ4n) is 3.05. The van der Waals surface area contributed by atoms with Crippen LogP contribution in [0, 0.1) is 5.92 Å². The molecule has 2 rings (SSSR count). The molecule has 7 nitrogen and oxygen atoms in total. The molecule has 3 N–H and O–H groups in total. The Morgan fingerprint density at radius 1 is 1.22 bits per heavy atom. The number of hydrogen-bond donors (Lipinski definition) is 2. The van der Waals surface area contributed by atoms with Crippen molar-refractivity contribution in [2.45, 2.75) is 32.1 Å². The van der Waals surface area contributed by atoms with E-state index in [1.54, 1.807) is 9.80 Å². The van der Waals surface area contributed by atoms with Crippen LogP contribution in [0.5, 0.6) is 0 Å². The van der Waals surface area contributed by atoms with Gasteiger partial charge in [0.05, 0.1) is 12.5 Å². The van der Waals surface area contributed by atoms with Gasteiger partial charge in [-0.3, -0.25) is 14.4 Å². The third kappa shape index (κ3) is 5.66. The fourth-order valence-corrected chi connectivity index (χ4v) is 3.05. The summed E-state index contributed by atoms with van der Waals surface area (Å²) < 4.78 is 0. The summed E-state index contributed by atoms with van der Waals surface area (Å²) in [6.45, 7) is 2.80. The van der Waals surface area contributed by atoms with Crippen LogP contribution in [0.2, 0.25) is 0 Å². The van der Waals surface area contributed by atoms with Gasteiger partial charge in [0, 0.05) is 39.1 Å². The molecule has 2 heterocycles. The number of piperidine rings is 2. The Hall–Kier alpha value is -1.34. The number of amides is 3. The van der Waals surface area contributed by atoms with Gasteiger partial charge in [-0.1, -0.05) is 0 Å². The number of nitrogens with zero attached hydrogens (tertiary/aromatic N) is 2. The van der Waals surface area contributed by atoms with Crippen LogP contribution in [0.1, 0.15) is 32.1 Å². The quantitative estimate of drug-likeness (QED) is 0.716. The molecule has 0 bridgehead atoms. The number of nitrogens with one attached hydrogen (secondary N) is 1. The minimum atomic E-state index is -0.165. The predicted octanol–water partition coefficient (Wildman–Crippen LogP) is -0.266. The first-order chi connectivity index (χ1) is 10.6. The van der Waals surface area contributed by atoms with E-state index in [0.29, 0.717) is 39.1 Å². The van der Waals surface area contributed by atoms with Crippen LogP contribution in [-0.2, 0) is 14.4 Å². The van der Waals surface area contributed by atoms with Gasteiger partial charge in [0.15, 0.2) is 0 Å². The van der Waals surface area contributed by atoms with Crippen LogP contribution in [-0.4, -0.2) is 66.8 Å². The maximum atomic E-state index is 12.4. The van der Waals surface area contributed by atoms with E-state index in [1.807, 2.05) is 0 Å². The van der Waals surface area contributed by atoms with Crippen molar-refractivity contribution < 1.29 is 14.4 Å². The Morgan fingerprint density at radius 3 is 2.70 bits per heavy atom. The highest BCUT2D eigenvalue weighted by atomic mass is 35.5. The molecule has 3 amide bonds. The van der Waals surface area contributed by atoms with Gasteiger partial charge in [0.2, 0.25) is 17.7 Å². The predicted molar refractivity (Wildman–Crippen MR) is 89.0 cm³/mol. The van der Waals surface area contributed by atoms with Gasteiger partial charge in [0.25, 0.3) is 0 Å². The number of carbonyl (C=O) groups is 3. The molecule has 2 aliphatic heterocycles. The average Bonchev–Trinajstić information content (AvgIpc) is 2.54. The second-order valence-corrected chi connectivity index (χ2v) is 6.03. The maximum Gasteiger partial charge on any atom is 0.242 e. The number of nitrogens with two attached hydrogens (primary N) is 1. The largest absolute Gasteiger partial charge is 0.355 e. The second-order valence-electron chi connectivity index (χ2n) is 6.03. The summed E-state index contributed by atoms with van der Waals surface area (Å²) in [6, 6.07) is 0. The van der Waals surface area contributed by atoms with Crippen molar-refractivity contribution in [3.8, 4) is 0 Å². The number of halogens is 1. The van der Waals surface area contributed by atoms with Crippen LogP contribution in [0.3, 0.4) is 0 Å². The van der Waals surface area contributed by atoms with Crippen LogP contribution in [0.15, 0.2) is 0 Å². The van der Waals surface area contributed by atoms with Gasteiger partial charge >= 0.3 is 0 Å². The molecule has 132 valence electrons. The molecule has 0 saturated carbocycles. The second kappa shape index (κ2) is 9.72. The third-order valence-corrected chi connectivity index (χ3v) is 4.34. The van der Waals surface area contributed by atoms with Crippen LogP contribution >= 0.6 is 12.4 Å². The number of hydrogen-bond acceptors (Lipinski definition) is 4. The first-order valence-corrected chi connectivity index (χ1v) is 8.15. The lowest BCUT2D eigenvalue weighted by Gasteiger charge is -2.34. The minimum absolute atomic E-state index is 0. The van der Waals surface area contributed by atoms with E-state index in [0.717, 1.165) is 25.7 Å². The van der Waals surface area contributed by atoms with Gasteiger partial charge in [-0.15, -0.1) is 12.4 Å². The summed E-state index contributed by atoms with van der Waals surface area (Å²) >= 11 is 0. The van der Waals surface area contributed by atoms with Crippen LogP contribution in [0.4, 0.5) is 0 Å². The van der Waals surface area contributed by atoms with E-state index >= 15 is 0 Å². The van der Waals surface area contributed by atoms with E-state index in [4.69, 9.17) is 5.73 Å². The standard InChI is InChI=1S/C15H26N4O3.ClH/c16-6-7-17-15(22)12-4-3-9-18(10-12)14(21)11-19-8-2-1-5-13(19)20;/h12H,1-11,16H2,(H,17,22);1H. The summed E-state index contributed by atoms with van der Waals surface area (Å²) in [5.41, 5.74) is 5.38. The van der Waals surface area contributed by atoms with E-state index in [2.05, 4.69) is 5.32 Å². The average molecular weight is 347 g/mol. The Kier molecular flexibility index (Phi) is 8.33. The van der Waals surface area contributed by atoms with Gasteiger partial charge < -0.3 is 20.9 Å². The van der Waals surface area contributed by atoms with Gasteiger partial charge in [-0.05, 0) is 25.7 Å². The van der Waals surface area contributed by atoms with Crippen molar-refractivity contribution in [1.82, 2.24) is 15.1 Å². The molecule has 0 radical (unpaired) electrons. The molecule has 8 heteroatoms. The first kappa shape index (κ1) is 19.7. The van der Waals surface area contributed by atoms with Gasteiger partial charge in [-0.25, -0.2) is 0 Å². The zero-order chi connectivity index (χ0) is 15.9. The van der Waals surface area contributed by atoms with E-state index < -0.39 is 0 Å². The number of likely N-dealkylation sites (tertiary alicyclic amines) is 2. The molecule has 0 aromatic heterocycles. The highest BCUT2D eigenvalue weighted by Gasteiger charge is 2.30. The van der Waals surface area contributed by atoms with Crippen molar-refractivity contribution in [1.29, 1.82) is 0 Å². The first-order valence-electron chi connectivity index (χ1n) is 8.15. The highest BCUT2D eigenvalue weighted by molar-refractivity contribution is 5.86. The van der Waals surface area contributed by atoms with E-state index in [-0.39, 0.29) is 42.6 Å². The molecule has 0 spiro atoms. The Labute approximate surface area is 143 Å². The maximum absolute atomic E-state index is 12.4. The summed E-state index contributed by atoms with van der Waals surface area (Å²) in [5, 5.41) is 2.78. The third-order valence-electron chi connectivity index (χ3n) is 4.34. The minimum Gasteiger partial charge on any atom is -0.355 e. The lowest BCUT2D eigenvalue weighted by molar-refractivity contribution is -0.143. The van der Waals surface area contributed by atoms with Crippen molar-refractivity contribution in [2.24, 2.45) is 11.7 Å². The molecule has 2 fully saturated rings. The molecule has 23 heavy (non-hydrogen) atoms. The SMILES string of the molecule is Cl.NCCNC(=O)C1CCCN(C(=O)CN2CCCCC2=O)C1. The lowest BCUT2D eigenvalue weighted by atomic mass is 9.97. The summed E-state index contributed by atoms with van der Waals surface area (Å²) in [6.07, 6.45) is 4.03. The molecule has 1 atom stereocenters. The molecule has 2 saturated heterocycles. The number of rotatable bonds is 5. The van der Waals surface area contributed by atoms with Crippen LogP contribution < -0.4 is 11.1 Å². The lowest BCUT2D eigenvalue weighted by Crippen LogP contribution is -2.50. The van der Waals surface area contributed by atoms with Crippen molar-refractivity contribution in [2.75, 3.05) is 39.3 Å². The molecule has 2 aliphatic rings. The van der Waals surface area contributed by atoms with Crippen molar-refractivity contribution >= 4 is 30.1 Å².